The Morgan fingerprint density at radius 3 is 2.63 bits per heavy atom. The SMILES string of the molecule is COc1ccccc1C(=O)N(C)Cc1ccccn1. The Kier molecular flexibility index (Phi) is 4.13. The fourth-order valence-electron chi connectivity index (χ4n) is 1.83. The molecule has 0 fully saturated rings. The number of para-hydroxylation sites is 1. The number of carbonyl (C=O) groups excluding carboxylic acids is 1. The highest BCUT2D eigenvalue weighted by Crippen LogP contribution is 2.19. The normalized spacial score (nSPS) is 10.0. The fraction of sp³-hybridized carbons (Fsp3) is 0.200. The molecule has 0 spiro atoms. The lowest BCUT2D eigenvalue weighted by atomic mass is 10.1. The van der Waals surface area contributed by atoms with E-state index in [1.54, 1.807) is 37.4 Å². The molecule has 4 nitrogen and oxygen atoms in total. The van der Waals surface area contributed by atoms with Crippen molar-refractivity contribution in [1.82, 2.24) is 9.88 Å². The molecule has 19 heavy (non-hydrogen) atoms. The van der Waals surface area contributed by atoms with Gasteiger partial charge in [0.1, 0.15) is 5.75 Å². The van der Waals surface area contributed by atoms with Crippen molar-refractivity contribution in [3.63, 3.8) is 0 Å². The standard InChI is InChI=1S/C15H16N2O2/c1-17(11-12-7-5-6-10-16-12)15(18)13-8-3-4-9-14(13)19-2/h3-10H,11H2,1-2H3. The largest absolute Gasteiger partial charge is 0.496 e. The van der Waals surface area contributed by atoms with E-state index in [1.807, 2.05) is 30.3 Å². The van der Waals surface area contributed by atoms with Crippen molar-refractivity contribution in [2.24, 2.45) is 0 Å². The number of hydrogen-bond acceptors (Lipinski definition) is 3. The van der Waals surface area contributed by atoms with Gasteiger partial charge in [-0.3, -0.25) is 9.78 Å². The third-order valence-electron chi connectivity index (χ3n) is 2.81. The van der Waals surface area contributed by atoms with Gasteiger partial charge in [-0.15, -0.1) is 0 Å². The number of benzene rings is 1. The molecule has 0 atom stereocenters. The van der Waals surface area contributed by atoms with Crippen LogP contribution in [0.1, 0.15) is 16.1 Å². The number of rotatable bonds is 4. The first kappa shape index (κ1) is 13.1. The molecule has 0 bridgehead atoms. The minimum atomic E-state index is -0.0805. The van der Waals surface area contributed by atoms with Crippen molar-refractivity contribution < 1.29 is 9.53 Å². The Balaban J connectivity index is 2.15. The van der Waals surface area contributed by atoms with E-state index in [0.29, 0.717) is 17.9 Å². The maximum atomic E-state index is 12.3. The number of aromatic nitrogens is 1. The molecule has 0 saturated heterocycles. The molecule has 1 aromatic heterocycles. The van der Waals surface area contributed by atoms with E-state index in [-0.39, 0.29) is 5.91 Å². The molecular formula is C15H16N2O2. The van der Waals surface area contributed by atoms with Gasteiger partial charge in [0.2, 0.25) is 0 Å². The highest BCUT2D eigenvalue weighted by molar-refractivity contribution is 5.96. The van der Waals surface area contributed by atoms with Crippen LogP contribution in [0.5, 0.6) is 5.75 Å². The molecule has 1 amide bonds. The molecule has 0 radical (unpaired) electrons. The zero-order valence-corrected chi connectivity index (χ0v) is 11.0. The second-order valence-electron chi connectivity index (χ2n) is 4.18. The first-order valence-corrected chi connectivity index (χ1v) is 6.00. The highest BCUT2D eigenvalue weighted by Gasteiger charge is 2.16. The molecule has 2 rings (SSSR count). The van der Waals surface area contributed by atoms with Gasteiger partial charge in [-0.1, -0.05) is 18.2 Å². The zero-order valence-electron chi connectivity index (χ0n) is 11.0. The van der Waals surface area contributed by atoms with Gasteiger partial charge in [0, 0.05) is 13.2 Å². The van der Waals surface area contributed by atoms with E-state index in [2.05, 4.69) is 4.98 Å². The second-order valence-corrected chi connectivity index (χ2v) is 4.18. The van der Waals surface area contributed by atoms with Gasteiger partial charge in [-0.2, -0.15) is 0 Å². The molecule has 4 heteroatoms. The van der Waals surface area contributed by atoms with E-state index >= 15 is 0 Å². The molecule has 0 aliphatic heterocycles. The van der Waals surface area contributed by atoms with Crippen LogP contribution in [0.25, 0.3) is 0 Å². The zero-order chi connectivity index (χ0) is 13.7. The second kappa shape index (κ2) is 6.00. The summed E-state index contributed by atoms with van der Waals surface area (Å²) in [6.45, 7) is 0.470. The Bertz CT molecular complexity index is 555. The summed E-state index contributed by atoms with van der Waals surface area (Å²) in [7, 11) is 3.31. The van der Waals surface area contributed by atoms with Gasteiger partial charge in [0.15, 0.2) is 0 Å². The van der Waals surface area contributed by atoms with Crippen LogP contribution < -0.4 is 4.74 Å². The van der Waals surface area contributed by atoms with Crippen molar-refractivity contribution in [3.8, 4) is 5.75 Å². The van der Waals surface area contributed by atoms with Crippen LogP contribution in [-0.2, 0) is 6.54 Å². The van der Waals surface area contributed by atoms with Crippen LogP contribution in [0, 0.1) is 0 Å². The number of nitrogens with zero attached hydrogens (tertiary/aromatic N) is 2. The summed E-state index contributed by atoms with van der Waals surface area (Å²) >= 11 is 0. The van der Waals surface area contributed by atoms with E-state index < -0.39 is 0 Å². The fourth-order valence-corrected chi connectivity index (χ4v) is 1.83. The van der Waals surface area contributed by atoms with Gasteiger partial charge < -0.3 is 9.64 Å². The van der Waals surface area contributed by atoms with Crippen molar-refractivity contribution in [3.05, 3.63) is 59.9 Å². The summed E-state index contributed by atoms with van der Waals surface area (Å²) in [6, 6.07) is 12.9. The lowest BCUT2D eigenvalue weighted by Gasteiger charge is -2.18. The highest BCUT2D eigenvalue weighted by atomic mass is 16.5. The average molecular weight is 256 g/mol. The first-order chi connectivity index (χ1) is 9.22. The van der Waals surface area contributed by atoms with Crippen LogP contribution >= 0.6 is 0 Å². The van der Waals surface area contributed by atoms with Crippen LogP contribution in [-0.4, -0.2) is 29.9 Å². The number of hydrogen-bond donors (Lipinski definition) is 0. The first-order valence-electron chi connectivity index (χ1n) is 6.00. The van der Waals surface area contributed by atoms with Gasteiger partial charge in [0.05, 0.1) is 24.9 Å². The van der Waals surface area contributed by atoms with Crippen molar-refractivity contribution >= 4 is 5.91 Å². The molecule has 1 aromatic carbocycles. The molecule has 2 aromatic rings. The molecule has 98 valence electrons. The Hall–Kier alpha value is -2.36. The molecule has 0 N–H and O–H groups in total. The predicted octanol–water partition coefficient (Wildman–Crippen LogP) is 2.36. The quantitative estimate of drug-likeness (QED) is 0.843. The van der Waals surface area contributed by atoms with Gasteiger partial charge >= 0.3 is 0 Å². The number of carbonyl (C=O) groups is 1. The summed E-state index contributed by atoms with van der Waals surface area (Å²) in [5.74, 6) is 0.503. The van der Waals surface area contributed by atoms with Gasteiger partial charge in [0.25, 0.3) is 5.91 Å². The van der Waals surface area contributed by atoms with Gasteiger partial charge in [-0.25, -0.2) is 0 Å². The van der Waals surface area contributed by atoms with E-state index in [1.165, 1.54) is 0 Å². The number of amides is 1. The number of methoxy groups -OCH3 is 1. The van der Waals surface area contributed by atoms with Crippen LogP contribution in [0.15, 0.2) is 48.7 Å². The maximum Gasteiger partial charge on any atom is 0.257 e. The van der Waals surface area contributed by atoms with E-state index in [9.17, 15) is 4.79 Å². The smallest absolute Gasteiger partial charge is 0.257 e. The van der Waals surface area contributed by atoms with Crippen molar-refractivity contribution in [2.75, 3.05) is 14.2 Å². The van der Waals surface area contributed by atoms with Crippen molar-refractivity contribution in [2.45, 2.75) is 6.54 Å². The number of pyridine rings is 1. The molecule has 1 heterocycles. The molecular weight excluding hydrogens is 240 g/mol. The Labute approximate surface area is 112 Å². The lowest BCUT2D eigenvalue weighted by Crippen LogP contribution is -2.26. The average Bonchev–Trinajstić information content (AvgIpc) is 2.47. The Morgan fingerprint density at radius 1 is 1.21 bits per heavy atom. The number of ether oxygens (including phenoxy) is 1. The predicted molar refractivity (Wildman–Crippen MR) is 73.0 cm³/mol. The van der Waals surface area contributed by atoms with Gasteiger partial charge in [-0.05, 0) is 24.3 Å². The van der Waals surface area contributed by atoms with Crippen LogP contribution in [0.3, 0.4) is 0 Å². The lowest BCUT2D eigenvalue weighted by molar-refractivity contribution is 0.0780. The summed E-state index contributed by atoms with van der Waals surface area (Å²) in [4.78, 5) is 18.2. The summed E-state index contributed by atoms with van der Waals surface area (Å²) in [5.41, 5.74) is 1.41. The summed E-state index contributed by atoms with van der Waals surface area (Å²) < 4.78 is 5.20. The molecule has 0 unspecified atom stereocenters. The summed E-state index contributed by atoms with van der Waals surface area (Å²) in [6.07, 6.45) is 1.72. The summed E-state index contributed by atoms with van der Waals surface area (Å²) in [5, 5.41) is 0. The van der Waals surface area contributed by atoms with Crippen molar-refractivity contribution in [1.29, 1.82) is 0 Å². The molecule has 0 aliphatic carbocycles. The minimum Gasteiger partial charge on any atom is -0.496 e. The third kappa shape index (κ3) is 3.10. The third-order valence-corrected chi connectivity index (χ3v) is 2.81. The van der Waals surface area contributed by atoms with E-state index in [0.717, 1.165) is 5.69 Å². The Morgan fingerprint density at radius 2 is 1.95 bits per heavy atom. The van der Waals surface area contributed by atoms with Crippen LogP contribution in [0.4, 0.5) is 0 Å². The maximum absolute atomic E-state index is 12.3. The monoisotopic (exact) mass is 256 g/mol. The molecule has 0 aliphatic rings. The van der Waals surface area contributed by atoms with Crippen LogP contribution in [0.2, 0.25) is 0 Å². The van der Waals surface area contributed by atoms with E-state index in [4.69, 9.17) is 4.74 Å². The topological polar surface area (TPSA) is 42.4 Å². The minimum absolute atomic E-state index is 0.0805. The molecule has 0 saturated carbocycles.